The van der Waals surface area contributed by atoms with E-state index in [9.17, 15) is 4.79 Å². The number of aromatic nitrogens is 3. The van der Waals surface area contributed by atoms with Gasteiger partial charge in [0, 0.05) is 5.38 Å². The minimum absolute atomic E-state index is 0.226. The summed E-state index contributed by atoms with van der Waals surface area (Å²) in [7, 11) is 0. The van der Waals surface area contributed by atoms with Gasteiger partial charge in [-0.2, -0.15) is 4.98 Å². The van der Waals surface area contributed by atoms with E-state index in [1.54, 1.807) is 26.3 Å². The predicted octanol–water partition coefficient (Wildman–Crippen LogP) is 2.03. The molecule has 6 nitrogen and oxygen atoms in total. The molecule has 0 aliphatic rings. The highest BCUT2D eigenvalue weighted by molar-refractivity contribution is 7.07. The number of ether oxygens (including phenoxy) is 1. The molecule has 0 amide bonds. The molecule has 0 aliphatic carbocycles. The Balaban J connectivity index is 2.27. The minimum atomic E-state index is -0.961. The number of carbonyl (C=O) groups is 1. The minimum Gasteiger partial charge on any atom is -0.465 e. The molecule has 0 aromatic carbocycles. The zero-order valence-corrected chi connectivity index (χ0v) is 11.2. The van der Waals surface area contributed by atoms with Crippen molar-refractivity contribution in [3.05, 3.63) is 16.8 Å². The van der Waals surface area contributed by atoms with Gasteiger partial charge in [0.15, 0.2) is 0 Å². The lowest BCUT2D eigenvalue weighted by molar-refractivity contribution is -0.149. The smallest absolute Gasteiger partial charge is 0.321 e. The SMILES string of the molecule is CCOC(=O)C(C)(C)c1nc(-c2cscn2)no1. The molecule has 0 aliphatic heterocycles. The van der Waals surface area contributed by atoms with Crippen molar-refractivity contribution in [3.63, 3.8) is 0 Å². The number of thiazole rings is 1. The van der Waals surface area contributed by atoms with E-state index >= 15 is 0 Å². The molecule has 2 aromatic rings. The normalized spacial score (nSPS) is 11.5. The molecule has 96 valence electrons. The summed E-state index contributed by atoms with van der Waals surface area (Å²) in [5, 5.41) is 5.63. The second-order valence-corrected chi connectivity index (χ2v) is 4.86. The van der Waals surface area contributed by atoms with E-state index in [0.717, 1.165) is 0 Å². The number of hydrogen-bond acceptors (Lipinski definition) is 7. The fourth-order valence-corrected chi connectivity index (χ4v) is 1.83. The quantitative estimate of drug-likeness (QED) is 0.789. The van der Waals surface area contributed by atoms with Crippen LogP contribution in [0.3, 0.4) is 0 Å². The van der Waals surface area contributed by atoms with Crippen LogP contribution in [0.15, 0.2) is 15.4 Å². The molecule has 2 heterocycles. The van der Waals surface area contributed by atoms with E-state index in [0.29, 0.717) is 18.1 Å². The lowest BCUT2D eigenvalue weighted by Crippen LogP contribution is -2.31. The van der Waals surface area contributed by atoms with Crippen LogP contribution < -0.4 is 0 Å². The molecule has 0 saturated heterocycles. The first-order chi connectivity index (χ1) is 8.55. The average molecular weight is 267 g/mol. The first-order valence-electron chi connectivity index (χ1n) is 5.45. The predicted molar refractivity (Wildman–Crippen MR) is 65.1 cm³/mol. The van der Waals surface area contributed by atoms with Crippen molar-refractivity contribution >= 4 is 17.3 Å². The van der Waals surface area contributed by atoms with Crippen LogP contribution in [-0.2, 0) is 14.9 Å². The maximum Gasteiger partial charge on any atom is 0.321 e. The summed E-state index contributed by atoms with van der Waals surface area (Å²) in [5.74, 6) is 0.214. The molecule has 0 spiro atoms. The molecule has 0 bridgehead atoms. The van der Waals surface area contributed by atoms with Crippen molar-refractivity contribution in [3.8, 4) is 11.5 Å². The van der Waals surface area contributed by atoms with Crippen LogP contribution in [-0.4, -0.2) is 27.7 Å². The van der Waals surface area contributed by atoms with E-state index < -0.39 is 11.4 Å². The van der Waals surface area contributed by atoms with Gasteiger partial charge in [-0.1, -0.05) is 5.16 Å². The average Bonchev–Trinajstić information content (AvgIpc) is 3.00. The summed E-state index contributed by atoms with van der Waals surface area (Å²) in [6.45, 7) is 5.44. The van der Waals surface area contributed by atoms with Crippen molar-refractivity contribution < 1.29 is 14.1 Å². The van der Waals surface area contributed by atoms with Gasteiger partial charge in [-0.3, -0.25) is 4.79 Å². The molecule has 0 N–H and O–H groups in total. The highest BCUT2D eigenvalue weighted by atomic mass is 32.1. The Bertz CT molecular complexity index is 533. The highest BCUT2D eigenvalue weighted by Gasteiger charge is 2.37. The van der Waals surface area contributed by atoms with Gasteiger partial charge in [0.2, 0.25) is 11.7 Å². The molecule has 0 saturated carbocycles. The van der Waals surface area contributed by atoms with Gasteiger partial charge in [0.1, 0.15) is 11.1 Å². The van der Waals surface area contributed by atoms with Crippen LogP contribution in [0, 0.1) is 0 Å². The summed E-state index contributed by atoms with van der Waals surface area (Å²) in [6, 6.07) is 0. The zero-order valence-electron chi connectivity index (χ0n) is 10.3. The number of nitrogens with zero attached hydrogens (tertiary/aromatic N) is 3. The lowest BCUT2D eigenvalue weighted by atomic mass is 9.94. The molecule has 0 fully saturated rings. The van der Waals surface area contributed by atoms with Crippen LogP contribution in [0.4, 0.5) is 0 Å². The standard InChI is InChI=1S/C11H13N3O3S/c1-4-16-10(15)11(2,3)9-13-8(14-17-9)7-5-18-6-12-7/h5-6H,4H2,1-3H3. The van der Waals surface area contributed by atoms with E-state index in [4.69, 9.17) is 9.26 Å². The van der Waals surface area contributed by atoms with Gasteiger partial charge in [-0.05, 0) is 20.8 Å². The second-order valence-electron chi connectivity index (χ2n) is 4.14. The van der Waals surface area contributed by atoms with E-state index in [-0.39, 0.29) is 5.89 Å². The third-order valence-electron chi connectivity index (χ3n) is 2.41. The number of hydrogen-bond donors (Lipinski definition) is 0. The van der Waals surface area contributed by atoms with Crippen LogP contribution in [0.25, 0.3) is 11.5 Å². The lowest BCUT2D eigenvalue weighted by Gasteiger charge is -2.16. The number of esters is 1. The molecule has 2 rings (SSSR count). The van der Waals surface area contributed by atoms with Gasteiger partial charge in [0.25, 0.3) is 0 Å². The monoisotopic (exact) mass is 267 g/mol. The Morgan fingerprint density at radius 2 is 2.33 bits per heavy atom. The largest absolute Gasteiger partial charge is 0.465 e. The summed E-state index contributed by atoms with van der Waals surface area (Å²) >= 11 is 1.44. The summed E-state index contributed by atoms with van der Waals surface area (Å²) in [5.41, 5.74) is 1.36. The third kappa shape index (κ3) is 2.26. The summed E-state index contributed by atoms with van der Waals surface area (Å²) in [4.78, 5) is 20.1. The molecule has 0 radical (unpaired) electrons. The van der Waals surface area contributed by atoms with Crippen molar-refractivity contribution in [2.45, 2.75) is 26.2 Å². The van der Waals surface area contributed by atoms with Gasteiger partial charge in [0.05, 0.1) is 12.1 Å². The molecule has 0 unspecified atom stereocenters. The Hall–Kier alpha value is -1.76. The van der Waals surface area contributed by atoms with Crippen molar-refractivity contribution in [2.24, 2.45) is 0 Å². The Kier molecular flexibility index (Phi) is 3.42. The fourth-order valence-electron chi connectivity index (χ4n) is 1.30. The maximum absolute atomic E-state index is 11.8. The van der Waals surface area contributed by atoms with E-state index in [1.165, 1.54) is 11.3 Å². The molecule has 18 heavy (non-hydrogen) atoms. The fraction of sp³-hybridized carbons (Fsp3) is 0.455. The van der Waals surface area contributed by atoms with Crippen LogP contribution in [0.1, 0.15) is 26.7 Å². The van der Waals surface area contributed by atoms with Gasteiger partial charge in [-0.15, -0.1) is 11.3 Å². The molecular formula is C11H13N3O3S. The molecular weight excluding hydrogens is 254 g/mol. The molecule has 0 atom stereocenters. The topological polar surface area (TPSA) is 78.1 Å². The second kappa shape index (κ2) is 4.85. The van der Waals surface area contributed by atoms with Crippen molar-refractivity contribution in [1.29, 1.82) is 0 Å². The van der Waals surface area contributed by atoms with Crippen molar-refractivity contribution in [1.82, 2.24) is 15.1 Å². The van der Waals surface area contributed by atoms with E-state index in [2.05, 4.69) is 15.1 Å². The van der Waals surface area contributed by atoms with Crippen LogP contribution in [0.2, 0.25) is 0 Å². The van der Waals surface area contributed by atoms with Crippen molar-refractivity contribution in [2.75, 3.05) is 6.61 Å². The first-order valence-corrected chi connectivity index (χ1v) is 6.40. The summed E-state index contributed by atoms with van der Waals surface area (Å²) in [6.07, 6.45) is 0. The highest BCUT2D eigenvalue weighted by Crippen LogP contribution is 2.25. The Labute approximate surface area is 108 Å². The van der Waals surface area contributed by atoms with Gasteiger partial charge in [-0.25, -0.2) is 4.98 Å². The van der Waals surface area contributed by atoms with E-state index in [1.807, 2.05) is 5.38 Å². The molecule has 2 aromatic heterocycles. The van der Waals surface area contributed by atoms with Gasteiger partial charge >= 0.3 is 5.97 Å². The zero-order chi connectivity index (χ0) is 13.2. The molecule has 7 heteroatoms. The Morgan fingerprint density at radius 3 is 2.94 bits per heavy atom. The van der Waals surface area contributed by atoms with Crippen LogP contribution >= 0.6 is 11.3 Å². The number of carbonyl (C=O) groups excluding carboxylic acids is 1. The Morgan fingerprint density at radius 1 is 1.56 bits per heavy atom. The van der Waals surface area contributed by atoms with Crippen LogP contribution in [0.5, 0.6) is 0 Å². The summed E-state index contributed by atoms with van der Waals surface area (Å²) < 4.78 is 10.1. The number of rotatable bonds is 4. The van der Waals surface area contributed by atoms with Gasteiger partial charge < -0.3 is 9.26 Å². The first kappa shape index (κ1) is 12.7. The maximum atomic E-state index is 11.8. The third-order valence-corrected chi connectivity index (χ3v) is 2.99.